The van der Waals surface area contributed by atoms with Gasteiger partial charge in [-0.3, -0.25) is 4.79 Å². The fraction of sp³-hybridized carbons (Fsp3) is 0.278. The Bertz CT molecular complexity index is 762. The predicted molar refractivity (Wildman–Crippen MR) is 95.3 cm³/mol. The maximum absolute atomic E-state index is 12.3. The van der Waals surface area contributed by atoms with E-state index in [2.05, 4.69) is 5.32 Å². The first-order valence-electron chi connectivity index (χ1n) is 7.68. The summed E-state index contributed by atoms with van der Waals surface area (Å²) in [6.07, 6.45) is 0.999. The Labute approximate surface area is 146 Å². The Morgan fingerprint density at radius 1 is 1.17 bits per heavy atom. The molecule has 2 aromatic rings. The molecule has 126 valence electrons. The van der Waals surface area contributed by atoms with Gasteiger partial charge in [-0.05, 0) is 42.3 Å². The molecule has 0 spiro atoms. The third-order valence-corrected chi connectivity index (χ3v) is 4.03. The number of aryl methyl sites for hydroxylation is 1. The summed E-state index contributed by atoms with van der Waals surface area (Å²) in [5, 5.41) is 3.52. The van der Waals surface area contributed by atoms with Crippen molar-refractivity contribution in [2.24, 2.45) is 0 Å². The molecule has 2 aromatic carbocycles. The van der Waals surface area contributed by atoms with E-state index in [0.717, 1.165) is 22.7 Å². The Morgan fingerprint density at radius 3 is 2.75 bits per heavy atom. The van der Waals surface area contributed by atoms with Crippen molar-refractivity contribution in [3.05, 3.63) is 47.0 Å². The second kappa shape index (κ2) is 7.01. The van der Waals surface area contributed by atoms with Crippen LogP contribution < -0.4 is 19.7 Å². The molecule has 1 amide bonds. The van der Waals surface area contributed by atoms with Crippen LogP contribution in [0.1, 0.15) is 12.0 Å². The molecule has 3 rings (SSSR count). The number of hydrogen-bond donors (Lipinski definition) is 1. The van der Waals surface area contributed by atoms with Crippen LogP contribution >= 0.6 is 11.6 Å². The molecule has 0 atom stereocenters. The molecule has 0 aromatic heterocycles. The molecule has 1 heterocycles. The predicted octanol–water partition coefficient (Wildman–Crippen LogP) is 3.71. The van der Waals surface area contributed by atoms with Crippen molar-refractivity contribution in [2.75, 3.05) is 31.1 Å². The van der Waals surface area contributed by atoms with Crippen LogP contribution in [0, 0.1) is 0 Å². The summed E-state index contributed by atoms with van der Waals surface area (Å²) >= 11 is 6.04. The second-order valence-corrected chi connectivity index (χ2v) is 6.23. The van der Waals surface area contributed by atoms with Crippen molar-refractivity contribution >= 4 is 28.9 Å². The van der Waals surface area contributed by atoms with E-state index in [0.29, 0.717) is 23.6 Å². The SMILES string of the molecule is CN(C)c1ccc(Cl)cc1NC(=O)CCc1ccc2c(c1)OCO2. The van der Waals surface area contributed by atoms with Gasteiger partial charge in [-0.2, -0.15) is 0 Å². The topological polar surface area (TPSA) is 50.8 Å². The molecule has 1 aliphatic heterocycles. The lowest BCUT2D eigenvalue weighted by Crippen LogP contribution is -2.17. The first kappa shape index (κ1) is 16.5. The lowest BCUT2D eigenvalue weighted by atomic mass is 10.1. The van der Waals surface area contributed by atoms with Crippen molar-refractivity contribution in [2.45, 2.75) is 12.8 Å². The van der Waals surface area contributed by atoms with Gasteiger partial charge in [0.05, 0.1) is 11.4 Å². The Morgan fingerprint density at radius 2 is 1.96 bits per heavy atom. The Balaban J connectivity index is 1.63. The minimum absolute atomic E-state index is 0.0574. The first-order valence-corrected chi connectivity index (χ1v) is 8.06. The average Bonchev–Trinajstić information content (AvgIpc) is 3.00. The molecule has 1 aliphatic rings. The smallest absolute Gasteiger partial charge is 0.231 e. The molecule has 6 heteroatoms. The summed E-state index contributed by atoms with van der Waals surface area (Å²) in [5.74, 6) is 1.42. The number of hydrogen-bond acceptors (Lipinski definition) is 4. The summed E-state index contributed by atoms with van der Waals surface area (Å²) in [7, 11) is 3.84. The Hall–Kier alpha value is -2.40. The van der Waals surface area contributed by atoms with E-state index in [-0.39, 0.29) is 12.7 Å². The van der Waals surface area contributed by atoms with Gasteiger partial charge in [-0.15, -0.1) is 0 Å². The number of anilines is 2. The standard InChI is InChI=1S/C18H19ClN2O3/c1-21(2)15-6-5-13(19)10-14(15)20-18(22)8-4-12-3-7-16-17(9-12)24-11-23-16/h3,5-7,9-10H,4,8,11H2,1-2H3,(H,20,22). The average molecular weight is 347 g/mol. The molecular weight excluding hydrogens is 328 g/mol. The lowest BCUT2D eigenvalue weighted by molar-refractivity contribution is -0.116. The van der Waals surface area contributed by atoms with Crippen LogP contribution in [0.15, 0.2) is 36.4 Å². The molecular formula is C18H19ClN2O3. The number of halogens is 1. The molecule has 0 saturated heterocycles. The van der Waals surface area contributed by atoms with Crippen LogP contribution in [0.5, 0.6) is 11.5 Å². The second-order valence-electron chi connectivity index (χ2n) is 5.79. The maximum Gasteiger partial charge on any atom is 0.231 e. The largest absolute Gasteiger partial charge is 0.454 e. The van der Waals surface area contributed by atoms with Crippen molar-refractivity contribution in [1.82, 2.24) is 0 Å². The lowest BCUT2D eigenvalue weighted by Gasteiger charge is -2.18. The molecule has 0 radical (unpaired) electrons. The van der Waals surface area contributed by atoms with E-state index >= 15 is 0 Å². The number of ether oxygens (including phenoxy) is 2. The highest BCUT2D eigenvalue weighted by atomic mass is 35.5. The van der Waals surface area contributed by atoms with Crippen molar-refractivity contribution < 1.29 is 14.3 Å². The van der Waals surface area contributed by atoms with Crippen molar-refractivity contribution in [3.8, 4) is 11.5 Å². The van der Waals surface area contributed by atoms with Gasteiger partial charge in [0.15, 0.2) is 11.5 Å². The molecule has 0 aliphatic carbocycles. The maximum atomic E-state index is 12.3. The fourth-order valence-electron chi connectivity index (χ4n) is 2.57. The van der Waals surface area contributed by atoms with Gasteiger partial charge in [-0.25, -0.2) is 0 Å². The van der Waals surface area contributed by atoms with Crippen molar-refractivity contribution in [1.29, 1.82) is 0 Å². The van der Waals surface area contributed by atoms with E-state index in [1.807, 2.05) is 43.3 Å². The normalized spacial score (nSPS) is 12.1. The molecule has 0 fully saturated rings. The van der Waals surface area contributed by atoms with E-state index in [4.69, 9.17) is 21.1 Å². The third kappa shape index (κ3) is 3.74. The minimum Gasteiger partial charge on any atom is -0.454 e. The van der Waals surface area contributed by atoms with Crippen LogP contribution in [-0.2, 0) is 11.2 Å². The molecule has 24 heavy (non-hydrogen) atoms. The monoisotopic (exact) mass is 346 g/mol. The van der Waals surface area contributed by atoms with Crippen LogP contribution in [0.4, 0.5) is 11.4 Å². The third-order valence-electron chi connectivity index (χ3n) is 3.79. The van der Waals surface area contributed by atoms with Gasteiger partial charge >= 0.3 is 0 Å². The molecule has 5 nitrogen and oxygen atoms in total. The number of amides is 1. The van der Waals surface area contributed by atoms with Crippen LogP contribution in [0.25, 0.3) is 0 Å². The van der Waals surface area contributed by atoms with E-state index in [9.17, 15) is 4.79 Å². The van der Waals surface area contributed by atoms with Gasteiger partial charge in [0.25, 0.3) is 0 Å². The number of fused-ring (bicyclic) bond motifs is 1. The summed E-state index contributed by atoms with van der Waals surface area (Å²) in [6, 6.07) is 11.2. The minimum atomic E-state index is -0.0574. The highest BCUT2D eigenvalue weighted by Crippen LogP contribution is 2.33. The fourth-order valence-corrected chi connectivity index (χ4v) is 2.74. The number of benzene rings is 2. The van der Waals surface area contributed by atoms with Crippen LogP contribution in [-0.4, -0.2) is 26.8 Å². The Kier molecular flexibility index (Phi) is 4.81. The van der Waals surface area contributed by atoms with Gasteiger partial charge in [0, 0.05) is 25.5 Å². The zero-order chi connectivity index (χ0) is 17.1. The van der Waals surface area contributed by atoms with E-state index < -0.39 is 0 Å². The van der Waals surface area contributed by atoms with Gasteiger partial charge < -0.3 is 19.7 Å². The van der Waals surface area contributed by atoms with Gasteiger partial charge in [0.2, 0.25) is 12.7 Å². The summed E-state index contributed by atoms with van der Waals surface area (Å²) < 4.78 is 10.6. The van der Waals surface area contributed by atoms with Crippen LogP contribution in [0.2, 0.25) is 5.02 Å². The summed E-state index contributed by atoms with van der Waals surface area (Å²) in [5.41, 5.74) is 2.66. The summed E-state index contributed by atoms with van der Waals surface area (Å²) in [6.45, 7) is 0.251. The number of nitrogens with one attached hydrogen (secondary N) is 1. The molecule has 1 N–H and O–H groups in total. The highest BCUT2D eigenvalue weighted by molar-refractivity contribution is 6.31. The molecule has 0 unspecified atom stereocenters. The van der Waals surface area contributed by atoms with Crippen LogP contribution in [0.3, 0.4) is 0 Å². The zero-order valence-electron chi connectivity index (χ0n) is 13.6. The van der Waals surface area contributed by atoms with E-state index in [1.165, 1.54) is 0 Å². The number of rotatable bonds is 5. The molecule has 0 bridgehead atoms. The first-order chi connectivity index (χ1) is 11.5. The number of carbonyl (C=O) groups excluding carboxylic acids is 1. The summed E-state index contributed by atoms with van der Waals surface area (Å²) in [4.78, 5) is 14.2. The number of carbonyl (C=O) groups is 1. The van der Waals surface area contributed by atoms with Crippen molar-refractivity contribution in [3.63, 3.8) is 0 Å². The molecule has 0 saturated carbocycles. The zero-order valence-corrected chi connectivity index (χ0v) is 14.4. The van der Waals surface area contributed by atoms with Gasteiger partial charge in [-0.1, -0.05) is 17.7 Å². The van der Waals surface area contributed by atoms with E-state index in [1.54, 1.807) is 12.1 Å². The number of nitrogens with zero attached hydrogens (tertiary/aromatic N) is 1. The quantitative estimate of drug-likeness (QED) is 0.896. The highest BCUT2D eigenvalue weighted by Gasteiger charge is 2.14. The van der Waals surface area contributed by atoms with Gasteiger partial charge in [0.1, 0.15) is 0 Å².